The smallest absolute Gasteiger partial charge is 0.248 e. The summed E-state index contributed by atoms with van der Waals surface area (Å²) >= 11 is 6.33. The number of hydrogen-bond acceptors (Lipinski definition) is 4. The largest absolute Gasteiger partial charge is 0.347 e. The Labute approximate surface area is 147 Å². The SMILES string of the molecule is CN(C)C(=O)C1(c2cnccn2)CCCN1Cc1ccccc1Cl. The lowest BCUT2D eigenvalue weighted by atomic mass is 9.90. The molecule has 126 valence electrons. The average Bonchev–Trinajstić information content (AvgIpc) is 3.01. The van der Waals surface area contributed by atoms with Crippen LogP contribution < -0.4 is 0 Å². The quantitative estimate of drug-likeness (QED) is 0.855. The maximum atomic E-state index is 13.1. The van der Waals surface area contributed by atoms with Crippen molar-refractivity contribution in [2.75, 3.05) is 20.6 Å². The molecule has 0 saturated carbocycles. The van der Waals surface area contributed by atoms with Gasteiger partial charge in [-0.15, -0.1) is 0 Å². The first kappa shape index (κ1) is 16.9. The maximum Gasteiger partial charge on any atom is 0.248 e. The molecule has 1 atom stereocenters. The van der Waals surface area contributed by atoms with Gasteiger partial charge in [0.25, 0.3) is 0 Å². The highest BCUT2D eigenvalue weighted by Crippen LogP contribution is 2.40. The Kier molecular flexibility index (Phi) is 4.83. The molecule has 1 aliphatic rings. The molecule has 0 N–H and O–H groups in total. The Morgan fingerprint density at radius 1 is 1.33 bits per heavy atom. The van der Waals surface area contributed by atoms with E-state index in [0.717, 1.165) is 30.0 Å². The summed E-state index contributed by atoms with van der Waals surface area (Å²) in [6.07, 6.45) is 6.64. The first-order chi connectivity index (χ1) is 11.6. The van der Waals surface area contributed by atoms with Crippen LogP contribution in [-0.4, -0.2) is 46.3 Å². The van der Waals surface area contributed by atoms with Crippen LogP contribution in [0.25, 0.3) is 0 Å². The number of nitrogens with zero attached hydrogens (tertiary/aromatic N) is 4. The Morgan fingerprint density at radius 2 is 2.12 bits per heavy atom. The third kappa shape index (κ3) is 2.89. The van der Waals surface area contributed by atoms with Crippen molar-refractivity contribution < 1.29 is 4.79 Å². The van der Waals surface area contributed by atoms with Crippen molar-refractivity contribution in [1.29, 1.82) is 0 Å². The standard InChI is InChI=1S/C18H21ClN4O/c1-22(2)17(24)18(16-12-20-9-10-21-16)8-5-11-23(18)13-14-6-3-4-7-15(14)19/h3-4,6-7,9-10,12H,5,8,11,13H2,1-2H3. The molecule has 2 heterocycles. The summed E-state index contributed by atoms with van der Waals surface area (Å²) in [7, 11) is 3.57. The van der Waals surface area contributed by atoms with Gasteiger partial charge < -0.3 is 4.90 Å². The average molecular weight is 345 g/mol. The monoisotopic (exact) mass is 344 g/mol. The lowest BCUT2D eigenvalue weighted by Crippen LogP contribution is -2.52. The number of hydrogen-bond donors (Lipinski definition) is 0. The maximum absolute atomic E-state index is 13.1. The topological polar surface area (TPSA) is 49.3 Å². The summed E-state index contributed by atoms with van der Waals surface area (Å²) in [6.45, 7) is 1.43. The van der Waals surface area contributed by atoms with Crippen LogP contribution in [0.1, 0.15) is 24.1 Å². The summed E-state index contributed by atoms with van der Waals surface area (Å²) in [5.41, 5.74) is 0.936. The van der Waals surface area contributed by atoms with E-state index in [1.165, 1.54) is 0 Å². The van der Waals surface area contributed by atoms with Crippen LogP contribution in [0.3, 0.4) is 0 Å². The van der Waals surface area contributed by atoms with E-state index in [9.17, 15) is 4.79 Å². The zero-order valence-electron chi connectivity index (χ0n) is 13.9. The molecule has 1 aromatic heterocycles. The molecule has 1 amide bonds. The third-order valence-electron chi connectivity index (χ3n) is 4.57. The number of carbonyl (C=O) groups is 1. The highest BCUT2D eigenvalue weighted by molar-refractivity contribution is 6.31. The van der Waals surface area contributed by atoms with Crippen LogP contribution in [-0.2, 0) is 16.9 Å². The predicted octanol–water partition coefficient (Wildman–Crippen LogP) is 2.71. The molecule has 0 spiro atoms. The van der Waals surface area contributed by atoms with E-state index in [2.05, 4.69) is 14.9 Å². The molecule has 1 aliphatic heterocycles. The van der Waals surface area contributed by atoms with Crippen molar-refractivity contribution in [2.45, 2.75) is 24.9 Å². The molecule has 1 aromatic carbocycles. The van der Waals surface area contributed by atoms with Crippen molar-refractivity contribution in [3.8, 4) is 0 Å². The number of rotatable bonds is 4. The Balaban J connectivity index is 2.04. The summed E-state index contributed by atoms with van der Waals surface area (Å²) in [6, 6.07) is 7.76. The fourth-order valence-corrected chi connectivity index (χ4v) is 3.64. The minimum Gasteiger partial charge on any atom is -0.347 e. The number of carbonyl (C=O) groups excluding carboxylic acids is 1. The van der Waals surface area contributed by atoms with Gasteiger partial charge in [-0.3, -0.25) is 19.7 Å². The van der Waals surface area contributed by atoms with E-state index >= 15 is 0 Å². The molecule has 24 heavy (non-hydrogen) atoms. The zero-order chi connectivity index (χ0) is 17.2. The summed E-state index contributed by atoms with van der Waals surface area (Å²) in [5.74, 6) is 0.0348. The van der Waals surface area contributed by atoms with Crippen molar-refractivity contribution in [2.24, 2.45) is 0 Å². The van der Waals surface area contributed by atoms with E-state index < -0.39 is 5.54 Å². The number of aromatic nitrogens is 2. The van der Waals surface area contributed by atoms with Gasteiger partial charge in [0.15, 0.2) is 0 Å². The van der Waals surface area contributed by atoms with Gasteiger partial charge in [-0.2, -0.15) is 0 Å². The molecule has 3 rings (SSSR count). The number of halogens is 1. The van der Waals surface area contributed by atoms with Gasteiger partial charge in [0, 0.05) is 38.1 Å². The zero-order valence-corrected chi connectivity index (χ0v) is 14.7. The van der Waals surface area contributed by atoms with Gasteiger partial charge in [-0.25, -0.2) is 0 Å². The predicted molar refractivity (Wildman–Crippen MR) is 93.5 cm³/mol. The summed E-state index contributed by atoms with van der Waals surface area (Å²) < 4.78 is 0. The van der Waals surface area contributed by atoms with E-state index in [0.29, 0.717) is 12.2 Å². The minimum atomic E-state index is -0.781. The first-order valence-electron chi connectivity index (χ1n) is 8.02. The molecule has 1 saturated heterocycles. The second-order valence-electron chi connectivity index (χ2n) is 6.27. The van der Waals surface area contributed by atoms with Gasteiger partial charge >= 0.3 is 0 Å². The molecular weight excluding hydrogens is 324 g/mol. The van der Waals surface area contributed by atoms with Gasteiger partial charge in [0.05, 0.1) is 11.9 Å². The molecule has 0 radical (unpaired) electrons. The van der Waals surface area contributed by atoms with Crippen LogP contribution in [0.4, 0.5) is 0 Å². The van der Waals surface area contributed by atoms with E-state index in [-0.39, 0.29) is 5.91 Å². The Bertz CT molecular complexity index is 722. The minimum absolute atomic E-state index is 0.0348. The fourth-order valence-electron chi connectivity index (χ4n) is 3.45. The van der Waals surface area contributed by atoms with Crippen molar-refractivity contribution in [3.05, 3.63) is 59.1 Å². The van der Waals surface area contributed by atoms with Crippen molar-refractivity contribution in [1.82, 2.24) is 19.8 Å². The molecule has 0 bridgehead atoms. The lowest BCUT2D eigenvalue weighted by Gasteiger charge is -2.38. The van der Waals surface area contributed by atoms with Gasteiger partial charge in [0.1, 0.15) is 5.54 Å². The molecule has 2 aromatic rings. The van der Waals surface area contributed by atoms with Crippen LogP contribution in [0.15, 0.2) is 42.9 Å². The highest BCUT2D eigenvalue weighted by atomic mass is 35.5. The third-order valence-corrected chi connectivity index (χ3v) is 4.94. The molecule has 5 nitrogen and oxygen atoms in total. The van der Waals surface area contributed by atoms with Crippen LogP contribution in [0.5, 0.6) is 0 Å². The van der Waals surface area contributed by atoms with Crippen molar-refractivity contribution >= 4 is 17.5 Å². The second kappa shape index (κ2) is 6.87. The van der Waals surface area contributed by atoms with Crippen LogP contribution in [0, 0.1) is 0 Å². The summed E-state index contributed by atoms with van der Waals surface area (Å²) in [4.78, 5) is 25.6. The molecule has 1 unspecified atom stereocenters. The van der Waals surface area contributed by atoms with Crippen molar-refractivity contribution in [3.63, 3.8) is 0 Å². The highest BCUT2D eigenvalue weighted by Gasteiger charge is 2.50. The lowest BCUT2D eigenvalue weighted by molar-refractivity contribution is -0.141. The van der Waals surface area contributed by atoms with Gasteiger partial charge in [-0.1, -0.05) is 29.8 Å². The molecule has 1 fully saturated rings. The van der Waals surface area contributed by atoms with Crippen LogP contribution in [0.2, 0.25) is 5.02 Å². The van der Waals surface area contributed by atoms with Gasteiger partial charge in [0.2, 0.25) is 5.91 Å². The number of likely N-dealkylation sites (N-methyl/N-ethyl adjacent to an activating group) is 1. The van der Waals surface area contributed by atoms with Crippen LogP contribution >= 0.6 is 11.6 Å². The second-order valence-corrected chi connectivity index (χ2v) is 6.67. The summed E-state index contributed by atoms with van der Waals surface area (Å²) in [5, 5.41) is 0.717. The number of likely N-dealkylation sites (tertiary alicyclic amines) is 1. The van der Waals surface area contributed by atoms with Gasteiger partial charge in [-0.05, 0) is 31.0 Å². The number of benzene rings is 1. The molecule has 6 heteroatoms. The van der Waals surface area contributed by atoms with E-state index in [1.807, 2.05) is 24.3 Å². The first-order valence-corrected chi connectivity index (χ1v) is 8.40. The molecular formula is C18H21ClN4O. The van der Waals surface area contributed by atoms with E-state index in [4.69, 9.17) is 11.6 Å². The fraction of sp³-hybridized carbons (Fsp3) is 0.389. The van der Waals surface area contributed by atoms with E-state index in [1.54, 1.807) is 37.6 Å². The number of amides is 1. The normalized spacial score (nSPS) is 21.0. The molecule has 0 aliphatic carbocycles. The Hall–Kier alpha value is -1.98. The Morgan fingerprint density at radius 3 is 2.79 bits per heavy atom.